The quantitative estimate of drug-likeness (QED) is 0.814. The second kappa shape index (κ2) is 11.1. The molecule has 1 aromatic carbocycles. The smallest absolute Gasteiger partial charge is 0.410 e. The van der Waals surface area contributed by atoms with Crippen molar-refractivity contribution in [2.75, 3.05) is 45.8 Å². The van der Waals surface area contributed by atoms with Crippen LogP contribution in [-0.2, 0) is 11.3 Å². The Bertz CT molecular complexity index is 564. The average Bonchev–Trinajstić information content (AvgIpc) is 2.63. The first-order valence-corrected chi connectivity index (χ1v) is 9.43. The summed E-state index contributed by atoms with van der Waals surface area (Å²) in [6.45, 7) is 11.9. The van der Waals surface area contributed by atoms with Crippen molar-refractivity contribution in [1.82, 2.24) is 15.1 Å². The van der Waals surface area contributed by atoms with Crippen LogP contribution in [-0.4, -0.2) is 61.7 Å². The van der Waals surface area contributed by atoms with Gasteiger partial charge in [-0.05, 0) is 29.9 Å². The largest absolute Gasteiger partial charge is 0.445 e. The zero-order valence-corrected chi connectivity index (χ0v) is 18.0. The van der Waals surface area contributed by atoms with Crippen LogP contribution in [0.1, 0.15) is 25.8 Å². The molecule has 0 radical (unpaired) electrons. The van der Waals surface area contributed by atoms with Gasteiger partial charge in [0.1, 0.15) is 6.61 Å². The molecule has 1 N–H and O–H groups in total. The molecule has 5 nitrogen and oxygen atoms in total. The third-order valence-corrected chi connectivity index (χ3v) is 5.67. The van der Waals surface area contributed by atoms with E-state index in [-0.39, 0.29) is 30.9 Å². The summed E-state index contributed by atoms with van der Waals surface area (Å²) < 4.78 is 5.45. The highest BCUT2D eigenvalue weighted by molar-refractivity contribution is 5.85. The van der Waals surface area contributed by atoms with Gasteiger partial charge in [-0.15, -0.1) is 24.8 Å². The first kappa shape index (κ1) is 24.0. The van der Waals surface area contributed by atoms with Gasteiger partial charge in [0.2, 0.25) is 0 Å². The monoisotopic (exact) mass is 417 g/mol. The Balaban J connectivity index is 0.00000182. The van der Waals surface area contributed by atoms with Crippen molar-refractivity contribution in [3.63, 3.8) is 0 Å². The van der Waals surface area contributed by atoms with Gasteiger partial charge < -0.3 is 15.0 Å². The summed E-state index contributed by atoms with van der Waals surface area (Å²) in [6.07, 6.45) is 1.05. The van der Waals surface area contributed by atoms with Gasteiger partial charge in [0.25, 0.3) is 0 Å². The van der Waals surface area contributed by atoms with E-state index in [9.17, 15) is 4.79 Å². The van der Waals surface area contributed by atoms with Crippen molar-refractivity contribution in [3.05, 3.63) is 35.9 Å². The standard InChI is InChI=1S/C20H31N3O2.2ClH/c1-20(2)16-21-9-8-18(20)14-22-10-12-23(13-11-22)19(24)25-15-17-6-4-3-5-7-17;;/h3-7,18,21H,8-16H2,1-2H3;2*1H. The highest BCUT2D eigenvalue weighted by Gasteiger charge is 2.34. The SMILES string of the molecule is CC1(C)CNCCC1CN1CCN(C(=O)OCc2ccccc2)CC1.Cl.Cl. The number of nitrogens with zero attached hydrogens (tertiary/aromatic N) is 2. The molecule has 2 heterocycles. The van der Waals surface area contributed by atoms with Crippen LogP contribution in [0, 0.1) is 11.3 Å². The van der Waals surface area contributed by atoms with E-state index < -0.39 is 0 Å². The summed E-state index contributed by atoms with van der Waals surface area (Å²) in [5.41, 5.74) is 1.38. The molecule has 3 rings (SSSR count). The third kappa shape index (κ3) is 6.83. The van der Waals surface area contributed by atoms with E-state index in [1.807, 2.05) is 35.2 Å². The number of piperidine rings is 1. The number of carbonyl (C=O) groups excluding carboxylic acids is 1. The van der Waals surface area contributed by atoms with Crippen molar-refractivity contribution >= 4 is 30.9 Å². The first-order chi connectivity index (χ1) is 12.0. The van der Waals surface area contributed by atoms with E-state index in [0.717, 1.165) is 57.3 Å². The van der Waals surface area contributed by atoms with Gasteiger partial charge in [-0.25, -0.2) is 4.79 Å². The van der Waals surface area contributed by atoms with E-state index in [1.54, 1.807) is 0 Å². The average molecular weight is 418 g/mol. The molecule has 7 heteroatoms. The molecule has 0 aromatic heterocycles. The number of hydrogen-bond acceptors (Lipinski definition) is 4. The molecule has 0 bridgehead atoms. The Labute approximate surface area is 175 Å². The van der Waals surface area contributed by atoms with E-state index in [2.05, 4.69) is 24.1 Å². The molecule has 154 valence electrons. The predicted octanol–water partition coefficient (Wildman–Crippen LogP) is 3.42. The minimum atomic E-state index is -0.189. The molecule has 0 spiro atoms. The van der Waals surface area contributed by atoms with Crippen molar-refractivity contribution in [1.29, 1.82) is 0 Å². The molecule has 2 fully saturated rings. The molecule has 27 heavy (non-hydrogen) atoms. The Morgan fingerprint density at radius 1 is 1.15 bits per heavy atom. The van der Waals surface area contributed by atoms with E-state index >= 15 is 0 Å². The minimum absolute atomic E-state index is 0. The molecule has 2 aliphatic heterocycles. The Morgan fingerprint density at radius 2 is 1.81 bits per heavy atom. The Kier molecular flexibility index (Phi) is 9.88. The number of amides is 1. The van der Waals surface area contributed by atoms with E-state index in [4.69, 9.17) is 4.74 Å². The van der Waals surface area contributed by atoms with Gasteiger partial charge in [0.15, 0.2) is 0 Å². The van der Waals surface area contributed by atoms with Gasteiger partial charge >= 0.3 is 6.09 Å². The van der Waals surface area contributed by atoms with Gasteiger partial charge in [0.05, 0.1) is 0 Å². The highest BCUT2D eigenvalue weighted by Crippen LogP contribution is 2.32. The van der Waals surface area contributed by atoms with Crippen LogP contribution in [0.3, 0.4) is 0 Å². The van der Waals surface area contributed by atoms with Crippen LogP contribution < -0.4 is 5.32 Å². The maximum Gasteiger partial charge on any atom is 0.410 e. The molecule has 0 saturated carbocycles. The fraction of sp³-hybridized carbons (Fsp3) is 0.650. The Morgan fingerprint density at radius 3 is 2.44 bits per heavy atom. The predicted molar refractivity (Wildman–Crippen MR) is 114 cm³/mol. The summed E-state index contributed by atoms with van der Waals surface area (Å²) >= 11 is 0. The number of nitrogens with one attached hydrogen (secondary N) is 1. The van der Waals surface area contributed by atoms with Crippen LogP contribution in [0.4, 0.5) is 4.79 Å². The summed E-state index contributed by atoms with van der Waals surface area (Å²) in [5, 5.41) is 3.50. The lowest BCUT2D eigenvalue weighted by Crippen LogP contribution is -2.53. The van der Waals surface area contributed by atoms with Gasteiger partial charge in [-0.2, -0.15) is 0 Å². The van der Waals surface area contributed by atoms with Crippen LogP contribution in [0.25, 0.3) is 0 Å². The first-order valence-electron chi connectivity index (χ1n) is 9.43. The number of ether oxygens (including phenoxy) is 1. The van der Waals surface area contributed by atoms with Crippen LogP contribution >= 0.6 is 24.8 Å². The lowest BCUT2D eigenvalue weighted by Gasteiger charge is -2.43. The number of hydrogen-bond donors (Lipinski definition) is 1. The second-order valence-corrected chi connectivity index (χ2v) is 7.98. The maximum atomic E-state index is 12.2. The lowest BCUT2D eigenvalue weighted by molar-refractivity contribution is 0.0506. The second-order valence-electron chi connectivity index (χ2n) is 7.98. The molecular weight excluding hydrogens is 385 g/mol. The number of piperazine rings is 1. The van der Waals surface area contributed by atoms with Gasteiger partial charge in [-0.1, -0.05) is 44.2 Å². The topological polar surface area (TPSA) is 44.8 Å². The number of benzene rings is 1. The van der Waals surface area contributed by atoms with Crippen molar-refractivity contribution < 1.29 is 9.53 Å². The zero-order chi connectivity index (χ0) is 17.7. The van der Waals surface area contributed by atoms with Gasteiger partial charge in [0, 0.05) is 39.3 Å². The van der Waals surface area contributed by atoms with Crippen LogP contribution in [0.2, 0.25) is 0 Å². The number of carbonyl (C=O) groups is 1. The van der Waals surface area contributed by atoms with Crippen LogP contribution in [0.15, 0.2) is 30.3 Å². The molecule has 0 aliphatic carbocycles. The number of rotatable bonds is 4. The van der Waals surface area contributed by atoms with Crippen molar-refractivity contribution in [2.45, 2.75) is 26.9 Å². The summed E-state index contributed by atoms with van der Waals surface area (Å²) in [6, 6.07) is 9.85. The number of halogens is 2. The Hall–Kier alpha value is -1.01. The maximum absolute atomic E-state index is 12.2. The van der Waals surface area contributed by atoms with E-state index in [0.29, 0.717) is 12.0 Å². The highest BCUT2D eigenvalue weighted by atomic mass is 35.5. The molecule has 2 saturated heterocycles. The van der Waals surface area contributed by atoms with Crippen molar-refractivity contribution in [3.8, 4) is 0 Å². The molecule has 1 atom stereocenters. The molecule has 1 amide bonds. The normalized spacial score (nSPS) is 22.3. The molecule has 1 unspecified atom stereocenters. The summed E-state index contributed by atoms with van der Waals surface area (Å²) in [5.74, 6) is 0.727. The fourth-order valence-electron chi connectivity index (χ4n) is 3.80. The lowest BCUT2D eigenvalue weighted by atomic mass is 9.74. The van der Waals surface area contributed by atoms with Crippen molar-refractivity contribution in [2.24, 2.45) is 11.3 Å². The minimum Gasteiger partial charge on any atom is -0.445 e. The van der Waals surface area contributed by atoms with E-state index in [1.165, 1.54) is 6.42 Å². The molecular formula is C20H33Cl2N3O2. The van der Waals surface area contributed by atoms with Gasteiger partial charge in [-0.3, -0.25) is 4.90 Å². The van der Waals surface area contributed by atoms with Crippen LogP contribution in [0.5, 0.6) is 0 Å². The zero-order valence-electron chi connectivity index (χ0n) is 16.4. The third-order valence-electron chi connectivity index (χ3n) is 5.67. The molecule has 1 aromatic rings. The molecule has 2 aliphatic rings. The fourth-order valence-corrected chi connectivity index (χ4v) is 3.80. The summed E-state index contributed by atoms with van der Waals surface area (Å²) in [7, 11) is 0. The summed E-state index contributed by atoms with van der Waals surface area (Å²) in [4.78, 5) is 16.6.